The molecule has 28 heavy (non-hydrogen) atoms. The number of aliphatic imine (C=N–C) groups is 1. The van der Waals surface area contributed by atoms with Crippen LogP contribution in [0.5, 0.6) is 0 Å². The highest BCUT2D eigenvalue weighted by Gasteiger charge is 2.17. The Balaban J connectivity index is 0.00000729. The highest BCUT2D eigenvalue weighted by atomic mass is 127. The summed E-state index contributed by atoms with van der Waals surface area (Å²) in [6.45, 7) is 10.9. The minimum absolute atomic E-state index is 0. The zero-order valence-corrected chi connectivity index (χ0v) is 20.3. The number of nitrogens with one attached hydrogen (secondary N) is 3. The molecule has 0 atom stereocenters. The van der Waals surface area contributed by atoms with Crippen LogP contribution in [0.2, 0.25) is 0 Å². The zero-order chi connectivity index (χ0) is 20.5. The first-order valence-corrected chi connectivity index (χ1v) is 9.13. The van der Waals surface area contributed by atoms with Crippen molar-refractivity contribution in [3.05, 3.63) is 29.8 Å². The van der Waals surface area contributed by atoms with E-state index >= 15 is 0 Å². The monoisotopic (exact) mass is 506 g/mol. The number of methoxy groups -OCH3 is 1. The molecule has 0 fully saturated rings. The van der Waals surface area contributed by atoms with Crippen molar-refractivity contribution in [2.45, 2.75) is 52.2 Å². The van der Waals surface area contributed by atoms with E-state index in [1.165, 1.54) is 0 Å². The molecule has 0 heterocycles. The smallest absolute Gasteiger partial charge is 0.412 e. The number of hydrogen-bond acceptors (Lipinski definition) is 4. The Hall–Kier alpha value is -1.55. The molecule has 0 aliphatic carbocycles. The number of nitrogens with zero attached hydrogens (tertiary/aromatic N) is 1. The maximum absolute atomic E-state index is 11.8. The van der Waals surface area contributed by atoms with Crippen molar-refractivity contribution in [3.8, 4) is 0 Å². The third-order valence-electron chi connectivity index (χ3n) is 3.76. The van der Waals surface area contributed by atoms with Crippen LogP contribution in [0, 0.1) is 0 Å². The van der Waals surface area contributed by atoms with Crippen molar-refractivity contribution in [1.82, 2.24) is 10.6 Å². The lowest BCUT2D eigenvalue weighted by atomic mass is 10.1. The van der Waals surface area contributed by atoms with Gasteiger partial charge < -0.3 is 20.1 Å². The number of carbonyl (C=O) groups is 1. The minimum Gasteiger partial charge on any atom is -0.444 e. The van der Waals surface area contributed by atoms with Gasteiger partial charge in [-0.25, -0.2) is 4.79 Å². The normalized spacial score (nSPS) is 12.0. The SMILES string of the molecule is CN=C(NCCc1ccc(NC(=O)OC(C)(C)C)cc1)NCC(C)(C)OC.I. The molecule has 7 nitrogen and oxygen atoms in total. The van der Waals surface area contributed by atoms with E-state index in [0.29, 0.717) is 12.2 Å². The van der Waals surface area contributed by atoms with Gasteiger partial charge in [-0.2, -0.15) is 0 Å². The summed E-state index contributed by atoms with van der Waals surface area (Å²) in [5.74, 6) is 0.739. The molecule has 0 aliphatic heterocycles. The topological polar surface area (TPSA) is 84.0 Å². The number of halogens is 1. The summed E-state index contributed by atoms with van der Waals surface area (Å²) in [5, 5.41) is 9.26. The molecular weight excluding hydrogens is 471 g/mol. The second-order valence-corrected chi connectivity index (χ2v) is 7.89. The fraction of sp³-hybridized carbons (Fsp3) is 0.600. The molecular formula is C20H35IN4O3. The maximum Gasteiger partial charge on any atom is 0.412 e. The third kappa shape index (κ3) is 11.3. The molecule has 8 heteroatoms. The summed E-state index contributed by atoms with van der Waals surface area (Å²) >= 11 is 0. The summed E-state index contributed by atoms with van der Waals surface area (Å²) < 4.78 is 10.6. The molecule has 160 valence electrons. The number of amides is 1. The predicted octanol–water partition coefficient (Wildman–Crippen LogP) is 3.78. The Morgan fingerprint density at radius 1 is 1.07 bits per heavy atom. The Kier molecular flexibility index (Phi) is 11.4. The second kappa shape index (κ2) is 12.1. The minimum atomic E-state index is -0.513. The molecule has 1 aromatic carbocycles. The molecule has 0 unspecified atom stereocenters. The molecule has 3 N–H and O–H groups in total. The van der Waals surface area contributed by atoms with Crippen LogP contribution in [0.1, 0.15) is 40.2 Å². The lowest BCUT2D eigenvalue weighted by Gasteiger charge is -2.24. The van der Waals surface area contributed by atoms with Crippen molar-refractivity contribution in [1.29, 1.82) is 0 Å². The number of benzene rings is 1. The molecule has 0 bridgehead atoms. The lowest BCUT2D eigenvalue weighted by Crippen LogP contribution is -2.45. The summed E-state index contributed by atoms with van der Waals surface area (Å²) in [5.41, 5.74) is 1.10. The molecule has 1 aromatic rings. The van der Waals surface area contributed by atoms with Gasteiger partial charge in [0.2, 0.25) is 0 Å². The number of ether oxygens (including phenoxy) is 2. The van der Waals surface area contributed by atoms with Gasteiger partial charge in [0, 0.05) is 32.9 Å². The van der Waals surface area contributed by atoms with Gasteiger partial charge in [0.05, 0.1) is 5.60 Å². The first kappa shape index (κ1) is 26.4. The van der Waals surface area contributed by atoms with E-state index in [1.54, 1.807) is 14.2 Å². The summed E-state index contributed by atoms with van der Waals surface area (Å²) in [6, 6.07) is 7.71. The van der Waals surface area contributed by atoms with Gasteiger partial charge in [0.15, 0.2) is 5.96 Å². The molecule has 1 amide bonds. The van der Waals surface area contributed by atoms with Crippen LogP contribution in [0.25, 0.3) is 0 Å². The molecule has 0 saturated carbocycles. The third-order valence-corrected chi connectivity index (χ3v) is 3.76. The standard InChI is InChI=1S/C20H34N4O3.HI/c1-19(2,3)27-18(25)24-16-10-8-15(9-11-16)12-13-22-17(21-6)23-14-20(4,5)26-7;/h8-11H,12-14H2,1-7H3,(H,24,25)(H2,21,22,23);1H. The van der Waals surface area contributed by atoms with E-state index in [1.807, 2.05) is 58.9 Å². The van der Waals surface area contributed by atoms with Crippen LogP contribution in [0.3, 0.4) is 0 Å². The van der Waals surface area contributed by atoms with Gasteiger partial charge in [0.1, 0.15) is 5.60 Å². The van der Waals surface area contributed by atoms with Gasteiger partial charge in [-0.3, -0.25) is 10.3 Å². The van der Waals surface area contributed by atoms with Crippen molar-refractivity contribution in [3.63, 3.8) is 0 Å². The van der Waals surface area contributed by atoms with E-state index in [-0.39, 0.29) is 29.6 Å². The van der Waals surface area contributed by atoms with Crippen LogP contribution in [-0.4, -0.2) is 50.5 Å². The summed E-state index contributed by atoms with van der Waals surface area (Å²) in [6.07, 6.45) is 0.381. The number of anilines is 1. The van der Waals surface area contributed by atoms with E-state index < -0.39 is 11.7 Å². The molecule has 0 aromatic heterocycles. The molecule has 1 rings (SSSR count). The van der Waals surface area contributed by atoms with Gasteiger partial charge in [-0.05, 0) is 58.7 Å². The number of hydrogen-bond donors (Lipinski definition) is 3. The van der Waals surface area contributed by atoms with Crippen molar-refractivity contribution < 1.29 is 14.3 Å². The van der Waals surface area contributed by atoms with Crippen molar-refractivity contribution >= 4 is 41.7 Å². The fourth-order valence-electron chi connectivity index (χ4n) is 2.09. The second-order valence-electron chi connectivity index (χ2n) is 7.89. The maximum atomic E-state index is 11.8. The average Bonchev–Trinajstić information content (AvgIpc) is 2.57. The largest absolute Gasteiger partial charge is 0.444 e. The summed E-state index contributed by atoms with van der Waals surface area (Å²) in [7, 11) is 3.44. The van der Waals surface area contributed by atoms with E-state index in [2.05, 4.69) is 20.9 Å². The molecule has 0 radical (unpaired) electrons. The fourth-order valence-corrected chi connectivity index (χ4v) is 2.09. The van der Waals surface area contributed by atoms with Crippen LogP contribution < -0.4 is 16.0 Å². The van der Waals surface area contributed by atoms with Gasteiger partial charge in [-0.1, -0.05) is 12.1 Å². The van der Waals surface area contributed by atoms with Crippen molar-refractivity contribution in [2.75, 3.05) is 32.6 Å². The average molecular weight is 506 g/mol. The van der Waals surface area contributed by atoms with E-state index in [4.69, 9.17) is 9.47 Å². The van der Waals surface area contributed by atoms with Crippen LogP contribution in [0.4, 0.5) is 10.5 Å². The van der Waals surface area contributed by atoms with Crippen LogP contribution >= 0.6 is 24.0 Å². The first-order valence-electron chi connectivity index (χ1n) is 9.13. The predicted molar refractivity (Wildman–Crippen MR) is 126 cm³/mol. The van der Waals surface area contributed by atoms with Gasteiger partial charge in [-0.15, -0.1) is 24.0 Å². The summed E-state index contributed by atoms with van der Waals surface area (Å²) in [4.78, 5) is 16.0. The Morgan fingerprint density at radius 2 is 1.68 bits per heavy atom. The van der Waals surface area contributed by atoms with Crippen LogP contribution in [-0.2, 0) is 15.9 Å². The lowest BCUT2D eigenvalue weighted by molar-refractivity contribution is 0.0268. The zero-order valence-electron chi connectivity index (χ0n) is 18.0. The van der Waals surface area contributed by atoms with E-state index in [0.717, 1.165) is 24.5 Å². The highest BCUT2D eigenvalue weighted by Crippen LogP contribution is 2.13. The molecule has 0 spiro atoms. The van der Waals surface area contributed by atoms with Gasteiger partial charge in [0.25, 0.3) is 0 Å². The van der Waals surface area contributed by atoms with Gasteiger partial charge >= 0.3 is 6.09 Å². The Morgan fingerprint density at radius 3 is 2.18 bits per heavy atom. The molecule has 0 saturated heterocycles. The molecule has 0 aliphatic rings. The van der Waals surface area contributed by atoms with Crippen LogP contribution in [0.15, 0.2) is 29.3 Å². The van der Waals surface area contributed by atoms with Crippen molar-refractivity contribution in [2.24, 2.45) is 4.99 Å². The Labute approximate surface area is 186 Å². The first-order chi connectivity index (χ1) is 12.5. The highest BCUT2D eigenvalue weighted by molar-refractivity contribution is 14.0. The number of carbonyl (C=O) groups excluding carboxylic acids is 1. The number of rotatable bonds is 7. The quantitative estimate of drug-likeness (QED) is 0.298. The number of guanidine groups is 1. The Bertz CT molecular complexity index is 625. The van der Waals surface area contributed by atoms with E-state index in [9.17, 15) is 4.79 Å².